The Kier molecular flexibility index (Phi) is 4.42. The third kappa shape index (κ3) is 3.26. The molecule has 0 bridgehead atoms. The Morgan fingerprint density at radius 3 is 2.58 bits per heavy atom. The first-order chi connectivity index (χ1) is 11.8. The Balaban J connectivity index is 1.31. The summed E-state index contributed by atoms with van der Waals surface area (Å²) < 4.78 is 7.23. The van der Waals surface area contributed by atoms with E-state index >= 15 is 0 Å². The molecule has 2 aliphatic rings. The smallest absolute Gasteiger partial charge is 0.245 e. The Morgan fingerprint density at radius 1 is 1.08 bits per heavy atom. The van der Waals surface area contributed by atoms with Gasteiger partial charge in [-0.3, -0.25) is 4.90 Å². The summed E-state index contributed by atoms with van der Waals surface area (Å²) >= 11 is 0. The van der Waals surface area contributed by atoms with Crippen molar-refractivity contribution in [3.8, 4) is 0 Å². The van der Waals surface area contributed by atoms with Gasteiger partial charge in [-0.2, -0.15) is 4.98 Å². The summed E-state index contributed by atoms with van der Waals surface area (Å²) in [7, 11) is 1.87. The van der Waals surface area contributed by atoms with Gasteiger partial charge in [0.25, 0.3) is 0 Å². The minimum Gasteiger partial charge on any atom is -0.339 e. The fourth-order valence-corrected chi connectivity index (χ4v) is 3.65. The highest BCUT2D eigenvalue weighted by Crippen LogP contribution is 2.31. The van der Waals surface area contributed by atoms with Crippen LogP contribution in [0, 0.1) is 0 Å². The van der Waals surface area contributed by atoms with E-state index in [1.54, 1.807) is 4.68 Å². The van der Waals surface area contributed by atoms with E-state index < -0.39 is 0 Å². The van der Waals surface area contributed by atoms with E-state index in [0.29, 0.717) is 5.92 Å². The first kappa shape index (κ1) is 15.5. The van der Waals surface area contributed by atoms with Gasteiger partial charge < -0.3 is 9.42 Å². The Morgan fingerprint density at radius 2 is 1.88 bits per heavy atom. The molecule has 9 heteroatoms. The molecule has 9 nitrogen and oxygen atoms in total. The van der Waals surface area contributed by atoms with Crippen LogP contribution < -0.4 is 4.90 Å². The summed E-state index contributed by atoms with van der Waals surface area (Å²) in [6.45, 7) is 4.45. The molecule has 1 aliphatic heterocycles. The highest BCUT2D eigenvalue weighted by molar-refractivity contribution is 5.28. The summed E-state index contributed by atoms with van der Waals surface area (Å²) in [5, 5.41) is 15.9. The maximum absolute atomic E-state index is 5.51. The van der Waals surface area contributed by atoms with Gasteiger partial charge in [-0.15, -0.1) is 0 Å². The van der Waals surface area contributed by atoms with Crippen LogP contribution in [0.2, 0.25) is 0 Å². The number of hydrogen-bond donors (Lipinski definition) is 0. The molecule has 0 spiro atoms. The van der Waals surface area contributed by atoms with Crippen molar-refractivity contribution in [3.63, 3.8) is 0 Å². The number of tetrazole rings is 1. The van der Waals surface area contributed by atoms with E-state index in [0.717, 1.165) is 50.4 Å². The van der Waals surface area contributed by atoms with E-state index in [4.69, 9.17) is 4.52 Å². The van der Waals surface area contributed by atoms with Crippen molar-refractivity contribution in [1.82, 2.24) is 35.2 Å². The lowest BCUT2D eigenvalue weighted by Gasteiger charge is -2.33. The minimum absolute atomic E-state index is 0.472. The van der Waals surface area contributed by atoms with Crippen LogP contribution in [0.15, 0.2) is 4.52 Å². The number of rotatable bonds is 4. The van der Waals surface area contributed by atoms with E-state index in [2.05, 4.69) is 35.5 Å². The normalized spacial score (nSPS) is 20.6. The van der Waals surface area contributed by atoms with Gasteiger partial charge >= 0.3 is 0 Å². The summed E-state index contributed by atoms with van der Waals surface area (Å²) in [5.41, 5.74) is 0. The second-order valence-electron chi connectivity index (χ2n) is 6.75. The first-order valence-electron chi connectivity index (χ1n) is 8.82. The largest absolute Gasteiger partial charge is 0.339 e. The third-order valence-corrected chi connectivity index (χ3v) is 5.06. The van der Waals surface area contributed by atoms with Crippen molar-refractivity contribution in [2.45, 2.75) is 44.6 Å². The van der Waals surface area contributed by atoms with Gasteiger partial charge in [0.2, 0.25) is 11.8 Å². The monoisotopic (exact) mass is 332 g/mol. The number of hydrogen-bond acceptors (Lipinski definition) is 8. The molecule has 1 saturated heterocycles. The van der Waals surface area contributed by atoms with Crippen molar-refractivity contribution in [1.29, 1.82) is 0 Å². The van der Waals surface area contributed by atoms with Crippen molar-refractivity contribution in [2.24, 2.45) is 7.05 Å². The van der Waals surface area contributed by atoms with Crippen LogP contribution in [0.5, 0.6) is 0 Å². The zero-order valence-electron chi connectivity index (χ0n) is 14.1. The fraction of sp³-hybridized carbons (Fsp3) is 0.800. The number of anilines is 1. The quantitative estimate of drug-likeness (QED) is 0.818. The van der Waals surface area contributed by atoms with Crippen LogP contribution in [0.4, 0.5) is 5.95 Å². The number of aromatic nitrogens is 6. The molecule has 130 valence electrons. The van der Waals surface area contributed by atoms with Crippen molar-refractivity contribution >= 4 is 5.95 Å². The Labute approximate surface area is 141 Å². The molecule has 0 atom stereocenters. The summed E-state index contributed by atoms with van der Waals surface area (Å²) in [5.74, 6) is 2.95. The molecule has 2 fully saturated rings. The maximum Gasteiger partial charge on any atom is 0.245 e. The number of piperazine rings is 1. The maximum atomic E-state index is 5.51. The second-order valence-corrected chi connectivity index (χ2v) is 6.75. The van der Waals surface area contributed by atoms with Crippen LogP contribution in [-0.4, -0.2) is 61.4 Å². The number of nitrogens with zero attached hydrogens (tertiary/aromatic N) is 8. The SMILES string of the molecule is Cn1nnnc1N1CCN(Cc2noc(C3CCCCC3)n2)CC1. The van der Waals surface area contributed by atoms with Crippen LogP contribution >= 0.6 is 0 Å². The average Bonchev–Trinajstić information content (AvgIpc) is 3.26. The van der Waals surface area contributed by atoms with E-state index in [1.807, 2.05) is 7.05 Å². The molecule has 0 amide bonds. The predicted octanol–water partition coefficient (Wildman–Crippen LogP) is 0.963. The Hall–Kier alpha value is -2.03. The lowest BCUT2D eigenvalue weighted by Crippen LogP contribution is -2.47. The van der Waals surface area contributed by atoms with Crippen LogP contribution in [-0.2, 0) is 13.6 Å². The second kappa shape index (κ2) is 6.84. The van der Waals surface area contributed by atoms with E-state index in [9.17, 15) is 0 Å². The lowest BCUT2D eigenvalue weighted by molar-refractivity contribution is 0.237. The molecule has 24 heavy (non-hydrogen) atoms. The van der Waals surface area contributed by atoms with Crippen LogP contribution in [0.1, 0.15) is 49.7 Å². The predicted molar refractivity (Wildman–Crippen MR) is 86.4 cm³/mol. The minimum atomic E-state index is 0.472. The third-order valence-electron chi connectivity index (χ3n) is 5.06. The van der Waals surface area contributed by atoms with Crippen LogP contribution in [0.3, 0.4) is 0 Å². The molecule has 1 aliphatic carbocycles. The van der Waals surface area contributed by atoms with Crippen molar-refractivity contribution in [2.75, 3.05) is 31.1 Å². The molecule has 0 aromatic carbocycles. The molecule has 2 aromatic heterocycles. The standard InChI is InChI=1S/C15H24N8O/c1-21-15(17-19-20-21)23-9-7-22(8-10-23)11-13-16-14(24-18-13)12-5-3-2-4-6-12/h12H,2-11H2,1H3. The highest BCUT2D eigenvalue weighted by atomic mass is 16.5. The topological polar surface area (TPSA) is 89.0 Å². The molecule has 0 unspecified atom stereocenters. The molecule has 2 aromatic rings. The summed E-state index contributed by atoms with van der Waals surface area (Å²) in [4.78, 5) is 9.21. The zero-order valence-corrected chi connectivity index (χ0v) is 14.1. The Bertz CT molecular complexity index is 654. The molecule has 0 N–H and O–H groups in total. The van der Waals surface area contributed by atoms with Crippen molar-refractivity contribution < 1.29 is 4.52 Å². The van der Waals surface area contributed by atoms with Gasteiger partial charge in [0.15, 0.2) is 5.82 Å². The zero-order chi connectivity index (χ0) is 16.4. The molecule has 1 saturated carbocycles. The summed E-state index contributed by atoms with van der Waals surface area (Å²) in [6, 6.07) is 0. The van der Waals surface area contributed by atoms with Gasteiger partial charge in [0.05, 0.1) is 6.54 Å². The molecule has 3 heterocycles. The number of aryl methyl sites for hydroxylation is 1. The highest BCUT2D eigenvalue weighted by Gasteiger charge is 2.24. The van der Waals surface area contributed by atoms with Gasteiger partial charge in [0, 0.05) is 39.1 Å². The molecule has 0 radical (unpaired) electrons. The lowest BCUT2D eigenvalue weighted by atomic mass is 9.89. The van der Waals surface area contributed by atoms with Gasteiger partial charge in [-0.05, 0) is 23.3 Å². The van der Waals surface area contributed by atoms with E-state index in [1.165, 1.54) is 32.1 Å². The first-order valence-corrected chi connectivity index (χ1v) is 8.82. The molecule has 4 rings (SSSR count). The average molecular weight is 332 g/mol. The van der Waals surface area contributed by atoms with Crippen LogP contribution in [0.25, 0.3) is 0 Å². The summed E-state index contributed by atoms with van der Waals surface area (Å²) in [6.07, 6.45) is 6.27. The molecular formula is C15H24N8O. The van der Waals surface area contributed by atoms with E-state index in [-0.39, 0.29) is 0 Å². The van der Waals surface area contributed by atoms with Crippen molar-refractivity contribution in [3.05, 3.63) is 11.7 Å². The van der Waals surface area contributed by atoms with Gasteiger partial charge in [0.1, 0.15) is 0 Å². The van der Waals surface area contributed by atoms with Gasteiger partial charge in [-0.25, -0.2) is 4.68 Å². The van der Waals surface area contributed by atoms with Gasteiger partial charge in [-0.1, -0.05) is 29.5 Å². The fourth-order valence-electron chi connectivity index (χ4n) is 3.65. The molecular weight excluding hydrogens is 308 g/mol.